The predicted octanol–water partition coefficient (Wildman–Crippen LogP) is 4.12. The topological polar surface area (TPSA) is 69.7 Å². The number of carbonyl (C=O) groups is 3. The van der Waals surface area contributed by atoms with Crippen molar-refractivity contribution in [3.8, 4) is 0 Å². The molecule has 6 rings (SSSR count). The second-order valence-electron chi connectivity index (χ2n) is 9.81. The Morgan fingerprint density at radius 3 is 2.45 bits per heavy atom. The molecule has 4 atom stereocenters. The van der Waals surface area contributed by atoms with Gasteiger partial charge in [0.15, 0.2) is 5.60 Å². The first-order valence-corrected chi connectivity index (χ1v) is 10.4. The SMILES string of the molecule is C=CC(=O)OC12c3ccccc3C(c3ccc(C(C)(C)C)cc31)C1C(=O)OC(=O)C12C. The highest BCUT2D eigenvalue weighted by atomic mass is 16.6. The summed E-state index contributed by atoms with van der Waals surface area (Å²) in [5.74, 6) is -3.02. The molecule has 5 heteroatoms. The van der Waals surface area contributed by atoms with Crippen LogP contribution in [-0.4, -0.2) is 17.9 Å². The number of carbonyl (C=O) groups excluding carboxylic acids is 3. The Morgan fingerprint density at radius 1 is 1.10 bits per heavy atom. The number of esters is 3. The Labute approximate surface area is 181 Å². The van der Waals surface area contributed by atoms with Gasteiger partial charge in [0.1, 0.15) is 5.41 Å². The lowest BCUT2D eigenvalue weighted by atomic mass is 9.45. The van der Waals surface area contributed by atoms with E-state index in [1.165, 1.54) is 0 Å². The van der Waals surface area contributed by atoms with Gasteiger partial charge in [0.25, 0.3) is 0 Å². The fourth-order valence-electron chi connectivity index (χ4n) is 5.78. The Balaban J connectivity index is 1.95. The minimum Gasteiger partial charge on any atom is -0.445 e. The van der Waals surface area contributed by atoms with E-state index in [0.29, 0.717) is 0 Å². The van der Waals surface area contributed by atoms with Crippen molar-refractivity contribution in [2.75, 3.05) is 0 Å². The molecule has 1 saturated heterocycles. The van der Waals surface area contributed by atoms with E-state index in [1.807, 2.05) is 42.5 Å². The molecular weight excluding hydrogens is 392 g/mol. The number of cyclic esters (lactones) is 2. The van der Waals surface area contributed by atoms with Crippen LogP contribution < -0.4 is 0 Å². The molecule has 4 unspecified atom stereocenters. The zero-order valence-electron chi connectivity index (χ0n) is 18.0. The van der Waals surface area contributed by atoms with Gasteiger partial charge in [-0.25, -0.2) is 4.79 Å². The van der Waals surface area contributed by atoms with E-state index in [4.69, 9.17) is 9.47 Å². The standard InChI is InChI=1S/C26H24O5/c1-6-19(27)31-26-17-10-8-7-9-15(17)20(21-22(28)30-23(29)25(21,26)5)16-12-11-14(13-18(16)26)24(2,3)4/h6-13,20-21H,1H2,2-5H3. The number of rotatable bonds is 2. The molecule has 0 N–H and O–H groups in total. The van der Waals surface area contributed by atoms with Crippen LogP contribution in [0.4, 0.5) is 0 Å². The smallest absolute Gasteiger partial charge is 0.331 e. The summed E-state index contributed by atoms with van der Waals surface area (Å²) in [6.45, 7) is 11.6. The molecule has 0 spiro atoms. The van der Waals surface area contributed by atoms with Gasteiger partial charge in [0, 0.05) is 23.1 Å². The summed E-state index contributed by atoms with van der Waals surface area (Å²) >= 11 is 0. The van der Waals surface area contributed by atoms with Crippen LogP contribution in [0.2, 0.25) is 0 Å². The lowest BCUT2D eigenvalue weighted by molar-refractivity contribution is -0.181. The Hall–Kier alpha value is -3.21. The van der Waals surface area contributed by atoms with Crippen LogP contribution in [0.3, 0.4) is 0 Å². The molecule has 0 aromatic heterocycles. The molecule has 5 nitrogen and oxygen atoms in total. The molecule has 0 amide bonds. The third-order valence-electron chi connectivity index (χ3n) is 7.29. The summed E-state index contributed by atoms with van der Waals surface area (Å²) in [6.07, 6.45) is 1.09. The molecule has 2 aromatic rings. The molecule has 1 heterocycles. The second-order valence-corrected chi connectivity index (χ2v) is 9.81. The molecule has 31 heavy (non-hydrogen) atoms. The molecular formula is C26H24O5. The first-order valence-electron chi connectivity index (χ1n) is 10.4. The number of ether oxygens (including phenoxy) is 2. The average molecular weight is 416 g/mol. The Morgan fingerprint density at radius 2 is 1.77 bits per heavy atom. The predicted molar refractivity (Wildman–Crippen MR) is 113 cm³/mol. The summed E-state index contributed by atoms with van der Waals surface area (Å²) in [7, 11) is 0. The zero-order valence-corrected chi connectivity index (χ0v) is 18.0. The second kappa shape index (κ2) is 5.94. The van der Waals surface area contributed by atoms with Crippen LogP contribution in [-0.2, 0) is 34.9 Å². The van der Waals surface area contributed by atoms with E-state index < -0.39 is 34.8 Å². The van der Waals surface area contributed by atoms with Gasteiger partial charge in [-0.05, 0) is 29.0 Å². The van der Waals surface area contributed by atoms with Gasteiger partial charge in [-0.1, -0.05) is 69.8 Å². The number of hydrogen-bond donors (Lipinski definition) is 0. The third-order valence-corrected chi connectivity index (χ3v) is 7.29. The van der Waals surface area contributed by atoms with E-state index in [9.17, 15) is 14.4 Å². The maximum absolute atomic E-state index is 13.2. The quantitative estimate of drug-likeness (QED) is 0.418. The summed E-state index contributed by atoms with van der Waals surface area (Å²) in [5, 5.41) is 0. The molecule has 4 aliphatic rings. The van der Waals surface area contributed by atoms with Crippen molar-refractivity contribution in [3.05, 3.63) is 82.9 Å². The Bertz CT molecular complexity index is 1190. The molecule has 2 aromatic carbocycles. The molecule has 0 saturated carbocycles. The van der Waals surface area contributed by atoms with Crippen LogP contribution in [0, 0.1) is 11.3 Å². The normalized spacial score (nSPS) is 30.2. The van der Waals surface area contributed by atoms with E-state index in [2.05, 4.69) is 27.4 Å². The van der Waals surface area contributed by atoms with Gasteiger partial charge >= 0.3 is 17.9 Å². The molecule has 0 radical (unpaired) electrons. The van der Waals surface area contributed by atoms with Gasteiger partial charge in [0.05, 0.1) is 5.92 Å². The fourth-order valence-corrected chi connectivity index (χ4v) is 5.78. The van der Waals surface area contributed by atoms with Crippen LogP contribution in [0.25, 0.3) is 0 Å². The molecule has 3 aliphatic carbocycles. The highest BCUT2D eigenvalue weighted by Gasteiger charge is 2.77. The highest BCUT2D eigenvalue weighted by Crippen LogP contribution is 2.70. The van der Waals surface area contributed by atoms with Crippen molar-refractivity contribution in [2.45, 2.75) is 44.6 Å². The fraction of sp³-hybridized carbons (Fsp3) is 0.346. The third kappa shape index (κ3) is 2.19. The van der Waals surface area contributed by atoms with Crippen molar-refractivity contribution < 1.29 is 23.9 Å². The van der Waals surface area contributed by atoms with Gasteiger partial charge in [-0.2, -0.15) is 0 Å². The van der Waals surface area contributed by atoms with Gasteiger partial charge in [0.2, 0.25) is 0 Å². The first kappa shape index (κ1) is 19.7. The van der Waals surface area contributed by atoms with Gasteiger partial charge in [-0.15, -0.1) is 0 Å². The number of benzene rings is 2. The van der Waals surface area contributed by atoms with Crippen molar-refractivity contribution in [2.24, 2.45) is 11.3 Å². The molecule has 1 aliphatic heterocycles. The molecule has 2 bridgehead atoms. The van der Waals surface area contributed by atoms with E-state index in [1.54, 1.807) is 6.92 Å². The zero-order chi connectivity index (χ0) is 22.3. The minimum absolute atomic E-state index is 0.165. The largest absolute Gasteiger partial charge is 0.445 e. The lowest BCUT2D eigenvalue weighted by Crippen LogP contribution is -2.62. The van der Waals surface area contributed by atoms with Gasteiger partial charge in [-0.3, -0.25) is 9.59 Å². The minimum atomic E-state index is -1.49. The highest BCUT2D eigenvalue weighted by molar-refractivity contribution is 6.03. The molecule has 1 fully saturated rings. The van der Waals surface area contributed by atoms with Crippen LogP contribution in [0.15, 0.2) is 55.1 Å². The van der Waals surface area contributed by atoms with Crippen molar-refractivity contribution >= 4 is 17.9 Å². The van der Waals surface area contributed by atoms with Crippen LogP contribution >= 0.6 is 0 Å². The first-order chi connectivity index (χ1) is 14.6. The van der Waals surface area contributed by atoms with E-state index >= 15 is 0 Å². The average Bonchev–Trinajstić information content (AvgIpc) is 2.97. The van der Waals surface area contributed by atoms with Gasteiger partial charge < -0.3 is 9.47 Å². The maximum atomic E-state index is 13.2. The summed E-state index contributed by atoms with van der Waals surface area (Å²) < 4.78 is 11.4. The lowest BCUT2D eigenvalue weighted by Gasteiger charge is -2.57. The number of hydrogen-bond acceptors (Lipinski definition) is 5. The van der Waals surface area contributed by atoms with Crippen molar-refractivity contribution in [1.82, 2.24) is 0 Å². The van der Waals surface area contributed by atoms with Crippen molar-refractivity contribution in [1.29, 1.82) is 0 Å². The summed E-state index contributed by atoms with van der Waals surface area (Å²) in [4.78, 5) is 38.9. The van der Waals surface area contributed by atoms with E-state index in [0.717, 1.165) is 33.9 Å². The summed E-state index contributed by atoms with van der Waals surface area (Å²) in [5.41, 5.74) is 1.23. The van der Waals surface area contributed by atoms with Crippen molar-refractivity contribution in [3.63, 3.8) is 0 Å². The van der Waals surface area contributed by atoms with Crippen LogP contribution in [0.1, 0.15) is 61.4 Å². The Kier molecular flexibility index (Phi) is 3.78. The maximum Gasteiger partial charge on any atom is 0.331 e. The molecule has 158 valence electrons. The van der Waals surface area contributed by atoms with Crippen LogP contribution in [0.5, 0.6) is 0 Å². The summed E-state index contributed by atoms with van der Waals surface area (Å²) in [6, 6.07) is 13.6. The monoisotopic (exact) mass is 416 g/mol. The van der Waals surface area contributed by atoms with E-state index in [-0.39, 0.29) is 11.3 Å².